The zero-order valence-electron chi connectivity index (χ0n) is 41.2. The molecule has 8 rings (SSSR count). The molecule has 0 bridgehead atoms. The topological polar surface area (TPSA) is 133 Å². The van der Waals surface area contributed by atoms with Gasteiger partial charge in [-0.05, 0) is 58.4 Å². The molecule has 3 aromatic rings. The van der Waals surface area contributed by atoms with Gasteiger partial charge in [0.15, 0.2) is 0 Å². The van der Waals surface area contributed by atoms with Gasteiger partial charge in [-0.1, -0.05) is 36.4 Å². The number of rotatable bonds is 9. The standard InChI is InChI=1S/C22H32N6S.C19H26N2O6S2/c1-18-13-22(28(24-18)20-5-3-2-4-6-20)27-9-7-26(8-10-27)21-14-19(23-15-21)16-25-11-12-29-17-25;1-19(2,3)26-18(23)21-12-14(11-16(21)17(22)20-9-10-28-13-20)27-29(24,25)15-7-5-4-6-8-15/h2-6,13,19,21,23H,7-12,14-17H2,1H3;4-8,14,16H,9-13H2,1-3H3/t;14-,16+/m.0/s1/i11D2,17D2;9D2,13D2. The van der Waals surface area contributed by atoms with E-state index >= 15 is 0 Å². The zero-order valence-corrected chi connectivity index (χ0v) is 35.7. The SMILES string of the molecule is [2H]C1([2H])CSC([2H])([2H])N1C(=O)[C@H]1C[C@H](OS(=O)(=O)c2ccccc2)CN1C(=O)OC(C)(C)C.[2H]C1([2H])CSC([2H])([2H])N1CC1CC(N2CCN(c3cc(C)nn3-c3ccccc3)CC2)CN1. The third-order valence-corrected chi connectivity index (χ3v) is 12.8. The van der Waals surface area contributed by atoms with Crippen LogP contribution in [-0.4, -0.2) is 162 Å². The molecule has 4 atom stereocenters. The lowest BCUT2D eigenvalue weighted by atomic mass is 10.1. The van der Waals surface area contributed by atoms with Gasteiger partial charge >= 0.3 is 6.09 Å². The number of carbonyl (C=O) groups is 2. The Bertz CT molecular complexity index is 2270. The van der Waals surface area contributed by atoms with E-state index < -0.39 is 64.5 Å². The lowest BCUT2D eigenvalue weighted by Crippen LogP contribution is -2.51. The third-order valence-electron chi connectivity index (χ3n) is 10.2. The van der Waals surface area contributed by atoms with Crippen molar-refractivity contribution >= 4 is 51.5 Å². The number of anilines is 1. The number of hydrogen-bond acceptors (Lipinski definition) is 13. The molecule has 17 heteroatoms. The highest BCUT2D eigenvalue weighted by Gasteiger charge is 2.45. The van der Waals surface area contributed by atoms with Crippen molar-refractivity contribution in [3.05, 3.63) is 72.4 Å². The van der Waals surface area contributed by atoms with Crippen LogP contribution in [0, 0.1) is 6.92 Å². The Balaban J connectivity index is 0.000000196. The van der Waals surface area contributed by atoms with E-state index in [0.29, 0.717) is 29.2 Å². The van der Waals surface area contributed by atoms with E-state index in [-0.39, 0.29) is 35.4 Å². The van der Waals surface area contributed by atoms with Crippen LogP contribution in [0.25, 0.3) is 5.69 Å². The van der Waals surface area contributed by atoms with Crippen LogP contribution in [0.4, 0.5) is 10.6 Å². The number of likely N-dealkylation sites (tertiary alicyclic amines) is 1. The molecule has 6 heterocycles. The second kappa shape index (κ2) is 18.9. The molecule has 1 N–H and O–H groups in total. The van der Waals surface area contributed by atoms with Crippen molar-refractivity contribution in [1.82, 2.24) is 34.7 Å². The molecule has 58 heavy (non-hydrogen) atoms. The second-order valence-corrected chi connectivity index (χ2v) is 18.7. The molecule has 5 fully saturated rings. The first-order chi connectivity index (χ1) is 30.8. The number of benzene rings is 2. The van der Waals surface area contributed by atoms with Gasteiger partial charge in [0.2, 0.25) is 5.91 Å². The van der Waals surface area contributed by atoms with E-state index in [1.54, 1.807) is 26.8 Å². The number of piperazine rings is 1. The van der Waals surface area contributed by atoms with Gasteiger partial charge in [0.05, 0.1) is 43.0 Å². The molecule has 5 saturated heterocycles. The van der Waals surface area contributed by atoms with E-state index in [9.17, 15) is 18.0 Å². The first-order valence-electron chi connectivity index (χ1n) is 23.5. The van der Waals surface area contributed by atoms with Gasteiger partial charge in [-0.25, -0.2) is 9.48 Å². The summed E-state index contributed by atoms with van der Waals surface area (Å²) < 4.78 is 103. The Morgan fingerprint density at radius 1 is 0.948 bits per heavy atom. The fourth-order valence-corrected chi connectivity index (χ4v) is 9.74. The summed E-state index contributed by atoms with van der Waals surface area (Å²) in [5.74, 6) is -3.94. The highest BCUT2D eigenvalue weighted by molar-refractivity contribution is 7.99. The molecule has 5 aliphatic rings. The minimum atomic E-state index is -4.20. The minimum Gasteiger partial charge on any atom is -0.444 e. The first kappa shape index (κ1) is 33.4. The van der Waals surface area contributed by atoms with E-state index in [1.807, 2.05) is 29.8 Å². The first-order valence-corrected chi connectivity index (χ1v) is 22.9. The van der Waals surface area contributed by atoms with Crippen LogP contribution in [0.3, 0.4) is 0 Å². The Hall–Kier alpha value is -3.32. The van der Waals surface area contributed by atoms with Crippen molar-refractivity contribution in [1.29, 1.82) is 0 Å². The summed E-state index contributed by atoms with van der Waals surface area (Å²) in [4.78, 5) is 33.8. The number of ether oxygens (including phenoxy) is 1. The largest absolute Gasteiger partial charge is 0.444 e. The monoisotopic (exact) mass is 862 g/mol. The van der Waals surface area contributed by atoms with Crippen LogP contribution in [0.2, 0.25) is 0 Å². The molecule has 0 saturated carbocycles. The second-order valence-electron chi connectivity index (χ2n) is 15.6. The van der Waals surface area contributed by atoms with Crippen LogP contribution in [0.5, 0.6) is 0 Å². The van der Waals surface area contributed by atoms with Crippen LogP contribution in [0.15, 0.2) is 71.6 Å². The predicted molar refractivity (Wildman–Crippen MR) is 230 cm³/mol. The molecule has 0 spiro atoms. The molecule has 0 aliphatic carbocycles. The number of carbonyl (C=O) groups excluding carboxylic acids is 2. The van der Waals surface area contributed by atoms with Crippen LogP contribution >= 0.6 is 23.5 Å². The summed E-state index contributed by atoms with van der Waals surface area (Å²) in [6, 6.07) is 19.0. The Kier molecular flexibility index (Phi) is 10.9. The molecule has 2 aromatic carbocycles. The van der Waals surface area contributed by atoms with Crippen LogP contribution in [0.1, 0.15) is 50.3 Å². The molecule has 316 valence electrons. The van der Waals surface area contributed by atoms with Crippen molar-refractivity contribution in [3.8, 4) is 5.69 Å². The number of aryl methyl sites for hydroxylation is 1. The third kappa shape index (κ3) is 10.9. The van der Waals surface area contributed by atoms with E-state index in [0.717, 1.165) is 73.0 Å². The van der Waals surface area contributed by atoms with Gasteiger partial charge in [-0.15, -0.1) is 23.5 Å². The number of thioether (sulfide) groups is 2. The number of hydrogen-bond donors (Lipinski definition) is 1. The lowest BCUT2D eigenvalue weighted by molar-refractivity contribution is -0.134. The van der Waals surface area contributed by atoms with Gasteiger partial charge in [-0.2, -0.15) is 13.5 Å². The predicted octanol–water partition coefficient (Wildman–Crippen LogP) is 4.34. The molecule has 14 nitrogen and oxygen atoms in total. The molecule has 2 unspecified atom stereocenters. The van der Waals surface area contributed by atoms with Gasteiger partial charge in [0.25, 0.3) is 10.1 Å². The lowest BCUT2D eigenvalue weighted by Gasteiger charge is -2.38. The maximum atomic E-state index is 13.3. The van der Waals surface area contributed by atoms with Gasteiger partial charge in [0.1, 0.15) is 17.5 Å². The maximum absolute atomic E-state index is 13.3. The summed E-state index contributed by atoms with van der Waals surface area (Å²) >= 11 is 1.69. The molecule has 5 aliphatic heterocycles. The average molecular weight is 863 g/mol. The summed E-state index contributed by atoms with van der Waals surface area (Å²) in [5, 5.41) is 8.25. The highest BCUT2D eigenvalue weighted by atomic mass is 32.2. The quantitative estimate of drug-likeness (QED) is 0.307. The molecular weight excluding hydrogens is 797 g/mol. The molecule has 0 radical (unpaired) electrons. The normalized spacial score (nSPS) is 30.1. The summed E-state index contributed by atoms with van der Waals surface area (Å²) in [6.45, 7) is 7.81. The molecular formula is C41H58N8O6S3. The zero-order chi connectivity index (χ0) is 48.0. The van der Waals surface area contributed by atoms with Crippen LogP contribution in [-0.2, 0) is 23.8 Å². The Labute approximate surface area is 363 Å². The van der Waals surface area contributed by atoms with Crippen molar-refractivity contribution in [2.45, 2.75) is 75.3 Å². The number of nitrogens with one attached hydrogen (secondary N) is 1. The van der Waals surface area contributed by atoms with E-state index in [2.05, 4.69) is 33.3 Å². The summed E-state index contributed by atoms with van der Waals surface area (Å²) in [5.41, 5.74) is 1.18. The maximum Gasteiger partial charge on any atom is 0.411 e. The van der Waals surface area contributed by atoms with E-state index in [4.69, 9.17) is 25.0 Å². The van der Waals surface area contributed by atoms with E-state index in [1.165, 1.54) is 29.2 Å². The smallest absolute Gasteiger partial charge is 0.411 e. The number of nitrogens with zero attached hydrogens (tertiary/aromatic N) is 7. The van der Waals surface area contributed by atoms with Crippen molar-refractivity contribution in [2.75, 3.05) is 86.9 Å². The average Bonchev–Trinajstić information content (AvgIpc) is 4.06. The molecule has 1 aromatic heterocycles. The molecule has 2 amide bonds. The number of aromatic nitrogens is 2. The fourth-order valence-electron chi connectivity index (χ4n) is 7.52. The van der Waals surface area contributed by atoms with Gasteiger partial charge < -0.3 is 19.9 Å². The van der Waals surface area contributed by atoms with Crippen molar-refractivity contribution < 1.29 is 37.9 Å². The highest BCUT2D eigenvalue weighted by Crippen LogP contribution is 2.30. The minimum absolute atomic E-state index is 0.0906. The van der Waals surface area contributed by atoms with Gasteiger partial charge in [-0.3, -0.25) is 23.7 Å². The fraction of sp³-hybridized carbons (Fsp3) is 0.585. The Morgan fingerprint density at radius 2 is 1.64 bits per heavy atom. The van der Waals surface area contributed by atoms with Crippen LogP contribution < -0.4 is 10.2 Å². The number of amides is 2. The van der Waals surface area contributed by atoms with Crippen molar-refractivity contribution in [3.63, 3.8) is 0 Å². The number of para-hydroxylation sites is 1. The Morgan fingerprint density at radius 3 is 2.29 bits per heavy atom. The van der Waals surface area contributed by atoms with Gasteiger partial charge in [0, 0.05) is 96.9 Å². The van der Waals surface area contributed by atoms with Crippen molar-refractivity contribution in [2.24, 2.45) is 0 Å². The summed E-state index contributed by atoms with van der Waals surface area (Å²) in [6.07, 6.45) is -1.35. The summed E-state index contributed by atoms with van der Waals surface area (Å²) in [7, 11) is -4.20.